The molecule has 172 valence electrons. The van der Waals surface area contributed by atoms with Gasteiger partial charge in [0.2, 0.25) is 0 Å². The van der Waals surface area contributed by atoms with Gasteiger partial charge in [-0.3, -0.25) is 4.79 Å². The maximum atomic E-state index is 13.1. The molecule has 0 bridgehead atoms. The highest BCUT2D eigenvalue weighted by Gasteiger charge is 2.52. The van der Waals surface area contributed by atoms with E-state index in [1.807, 2.05) is 91.0 Å². The number of carbonyl (C=O) groups is 2. The highest BCUT2D eigenvalue weighted by atomic mass is 28.4. The Morgan fingerprint density at radius 2 is 1.27 bits per heavy atom. The Bertz CT molecular complexity index is 1010. The van der Waals surface area contributed by atoms with Gasteiger partial charge in [0.05, 0.1) is 6.42 Å². The zero-order valence-electron chi connectivity index (χ0n) is 19.2. The summed E-state index contributed by atoms with van der Waals surface area (Å²) in [5.74, 6) is -1.79. The normalized spacial score (nSPS) is 12.7. The van der Waals surface area contributed by atoms with Crippen molar-refractivity contribution in [3.8, 4) is 0 Å². The molecule has 3 rings (SSSR count). The Labute approximate surface area is 196 Å². The van der Waals surface area contributed by atoms with E-state index in [2.05, 4.69) is 20.8 Å². The highest BCUT2D eigenvalue weighted by molar-refractivity contribution is 6.99. The number of aliphatic carboxylic acids is 1. The molecule has 0 aromatic heterocycles. The first-order chi connectivity index (χ1) is 15.7. The third-order valence-electron chi connectivity index (χ3n) is 5.58. The molecule has 0 aliphatic carbocycles. The van der Waals surface area contributed by atoms with E-state index in [1.165, 1.54) is 0 Å². The van der Waals surface area contributed by atoms with Crippen LogP contribution < -0.4 is 10.4 Å². The molecule has 0 heterocycles. The molecule has 1 atom stereocenters. The molecule has 0 fully saturated rings. The van der Waals surface area contributed by atoms with Crippen molar-refractivity contribution in [2.24, 2.45) is 0 Å². The second-order valence-corrected chi connectivity index (χ2v) is 13.2. The number of hydrogen-bond donors (Lipinski definition) is 1. The van der Waals surface area contributed by atoms with Crippen molar-refractivity contribution in [2.45, 2.75) is 44.9 Å². The van der Waals surface area contributed by atoms with Gasteiger partial charge in [-0.1, -0.05) is 112 Å². The smallest absolute Gasteiger partial charge is 0.334 e. The van der Waals surface area contributed by atoms with E-state index in [9.17, 15) is 14.7 Å². The summed E-state index contributed by atoms with van der Waals surface area (Å²) in [5, 5.41) is 11.1. The molecule has 3 aromatic carbocycles. The number of rotatable bonds is 9. The number of hydrogen-bond acceptors (Lipinski definition) is 4. The molecule has 0 aliphatic rings. The summed E-state index contributed by atoms with van der Waals surface area (Å²) in [6.07, 6.45) is -1.71. The van der Waals surface area contributed by atoms with E-state index in [-0.39, 0.29) is 6.61 Å². The van der Waals surface area contributed by atoms with Crippen LogP contribution in [0.3, 0.4) is 0 Å². The largest absolute Gasteiger partial charge is 0.481 e. The third-order valence-corrected chi connectivity index (χ3v) is 10.6. The Hall–Kier alpha value is -3.22. The van der Waals surface area contributed by atoms with E-state index in [1.54, 1.807) is 0 Å². The lowest BCUT2D eigenvalue weighted by molar-refractivity contribution is -0.158. The molecule has 33 heavy (non-hydrogen) atoms. The van der Waals surface area contributed by atoms with Gasteiger partial charge in [0, 0.05) is 0 Å². The number of ether oxygens (including phenoxy) is 1. The van der Waals surface area contributed by atoms with Crippen LogP contribution in [0.25, 0.3) is 0 Å². The fourth-order valence-corrected chi connectivity index (χ4v) is 8.68. The molecule has 1 N–H and O–H groups in total. The molecule has 0 radical (unpaired) electrons. The van der Waals surface area contributed by atoms with Crippen LogP contribution in [-0.4, -0.2) is 31.5 Å². The Morgan fingerprint density at radius 3 is 1.70 bits per heavy atom. The first kappa shape index (κ1) is 24.4. The van der Waals surface area contributed by atoms with E-state index in [0.717, 1.165) is 15.9 Å². The Morgan fingerprint density at radius 1 is 0.818 bits per heavy atom. The lowest BCUT2D eigenvalue weighted by atomic mass is 10.2. The molecule has 5 nitrogen and oxygen atoms in total. The summed E-state index contributed by atoms with van der Waals surface area (Å²) in [4.78, 5) is 24.9. The average molecular weight is 463 g/mol. The van der Waals surface area contributed by atoms with Crippen LogP contribution >= 0.6 is 0 Å². The monoisotopic (exact) mass is 462 g/mol. The zero-order chi connectivity index (χ0) is 23.9. The molecule has 0 saturated carbocycles. The zero-order valence-corrected chi connectivity index (χ0v) is 20.2. The van der Waals surface area contributed by atoms with Crippen molar-refractivity contribution >= 4 is 30.6 Å². The number of carbonyl (C=O) groups excluding carboxylic acids is 1. The number of carboxylic acid groups (broad SMARTS) is 1. The van der Waals surface area contributed by atoms with Crippen LogP contribution in [0.4, 0.5) is 0 Å². The molecular formula is C27H30O5Si. The number of esters is 1. The molecule has 0 aliphatic heterocycles. The summed E-state index contributed by atoms with van der Waals surface area (Å²) in [7, 11) is -3.11. The van der Waals surface area contributed by atoms with Crippen LogP contribution in [0.1, 0.15) is 32.8 Å². The third kappa shape index (κ3) is 5.77. The molecule has 0 spiro atoms. The van der Waals surface area contributed by atoms with E-state index >= 15 is 0 Å². The maximum absolute atomic E-state index is 13.1. The van der Waals surface area contributed by atoms with Gasteiger partial charge in [0.15, 0.2) is 6.10 Å². The first-order valence-corrected chi connectivity index (χ1v) is 12.9. The SMILES string of the molecule is CC(C)(C)[Si](O[C@@H](CC(=O)O)C(=O)OCc1ccccc1)(c1ccccc1)c1ccccc1. The second-order valence-electron chi connectivity index (χ2n) is 8.96. The highest BCUT2D eigenvalue weighted by Crippen LogP contribution is 2.38. The second kappa shape index (κ2) is 10.6. The van der Waals surface area contributed by atoms with Gasteiger partial charge in [-0.25, -0.2) is 4.79 Å². The predicted molar refractivity (Wildman–Crippen MR) is 131 cm³/mol. The van der Waals surface area contributed by atoms with Gasteiger partial charge in [-0.05, 0) is 21.0 Å². The average Bonchev–Trinajstić information content (AvgIpc) is 2.81. The number of benzene rings is 3. The summed E-state index contributed by atoms with van der Waals surface area (Å²) >= 11 is 0. The number of carboxylic acids is 1. The van der Waals surface area contributed by atoms with Crippen LogP contribution in [-0.2, 0) is 25.4 Å². The Balaban J connectivity index is 2.04. The summed E-state index contributed by atoms with van der Waals surface area (Å²) in [6.45, 7) is 6.28. The van der Waals surface area contributed by atoms with E-state index in [0.29, 0.717) is 0 Å². The van der Waals surface area contributed by atoms with Gasteiger partial charge >= 0.3 is 11.9 Å². The Kier molecular flexibility index (Phi) is 7.84. The van der Waals surface area contributed by atoms with Crippen molar-refractivity contribution in [1.82, 2.24) is 0 Å². The fourth-order valence-electron chi connectivity index (χ4n) is 4.06. The molecule has 0 amide bonds. The van der Waals surface area contributed by atoms with Crippen molar-refractivity contribution in [2.75, 3.05) is 0 Å². The minimum atomic E-state index is -3.11. The van der Waals surface area contributed by atoms with Crippen molar-refractivity contribution < 1.29 is 23.9 Å². The van der Waals surface area contributed by atoms with Gasteiger partial charge in [-0.2, -0.15) is 0 Å². The van der Waals surface area contributed by atoms with E-state index < -0.39 is 37.8 Å². The van der Waals surface area contributed by atoms with Crippen LogP contribution in [0, 0.1) is 0 Å². The van der Waals surface area contributed by atoms with Gasteiger partial charge < -0.3 is 14.3 Å². The maximum Gasteiger partial charge on any atom is 0.334 e. The van der Waals surface area contributed by atoms with E-state index in [4.69, 9.17) is 9.16 Å². The first-order valence-electron chi connectivity index (χ1n) is 11.0. The minimum Gasteiger partial charge on any atom is -0.481 e. The van der Waals surface area contributed by atoms with Crippen molar-refractivity contribution in [3.63, 3.8) is 0 Å². The predicted octanol–water partition coefficient (Wildman–Crippen LogP) is 4.15. The summed E-state index contributed by atoms with van der Waals surface area (Å²) in [6, 6.07) is 28.9. The minimum absolute atomic E-state index is 0.0555. The van der Waals surface area contributed by atoms with Gasteiger partial charge in [0.25, 0.3) is 8.32 Å². The topological polar surface area (TPSA) is 72.8 Å². The lowest BCUT2D eigenvalue weighted by Crippen LogP contribution is -2.68. The van der Waals surface area contributed by atoms with Gasteiger partial charge in [-0.15, -0.1) is 0 Å². The molecule has 0 saturated heterocycles. The van der Waals surface area contributed by atoms with Crippen LogP contribution in [0.2, 0.25) is 5.04 Å². The quantitative estimate of drug-likeness (QED) is 0.382. The van der Waals surface area contributed by atoms with Crippen LogP contribution in [0.5, 0.6) is 0 Å². The molecule has 3 aromatic rings. The van der Waals surface area contributed by atoms with Crippen molar-refractivity contribution in [1.29, 1.82) is 0 Å². The van der Waals surface area contributed by atoms with Gasteiger partial charge in [0.1, 0.15) is 6.61 Å². The summed E-state index contributed by atoms with van der Waals surface area (Å²) < 4.78 is 12.2. The summed E-state index contributed by atoms with van der Waals surface area (Å²) in [5.41, 5.74) is 0.824. The molecule has 6 heteroatoms. The fraction of sp³-hybridized carbons (Fsp3) is 0.259. The van der Waals surface area contributed by atoms with Crippen LogP contribution in [0.15, 0.2) is 91.0 Å². The standard InChI is InChI=1S/C27H30O5Si/c1-27(2,3)33(22-15-9-5-10-16-22,23-17-11-6-12-18-23)32-24(19-25(28)29)26(30)31-20-21-13-7-4-8-14-21/h4-18,24H,19-20H2,1-3H3,(H,28,29)/t24-/m0/s1. The molecule has 0 unspecified atom stereocenters. The lowest BCUT2D eigenvalue weighted by Gasteiger charge is -2.44. The molecular weight excluding hydrogens is 432 g/mol. The van der Waals surface area contributed by atoms with Crippen molar-refractivity contribution in [3.05, 3.63) is 96.6 Å².